The summed E-state index contributed by atoms with van der Waals surface area (Å²) >= 11 is 0. The van der Waals surface area contributed by atoms with Crippen LogP contribution >= 0.6 is 0 Å². The van der Waals surface area contributed by atoms with Gasteiger partial charge in [-0.1, -0.05) is 26.5 Å². The Balaban J connectivity index is 0.000000956. The van der Waals surface area contributed by atoms with E-state index in [1.54, 1.807) is 12.5 Å². The molecule has 0 amide bonds. The highest BCUT2D eigenvalue weighted by Gasteiger charge is 2.11. The predicted molar refractivity (Wildman–Crippen MR) is 83.6 cm³/mol. The topological polar surface area (TPSA) is 46.8 Å². The van der Waals surface area contributed by atoms with Crippen molar-refractivity contribution in [3.05, 3.63) is 37.3 Å². The van der Waals surface area contributed by atoms with E-state index in [1.165, 1.54) is 0 Å². The lowest BCUT2D eigenvalue weighted by Gasteiger charge is -2.14. The molecule has 0 bridgehead atoms. The molecule has 20 heavy (non-hydrogen) atoms. The van der Waals surface area contributed by atoms with Gasteiger partial charge >= 0.3 is 0 Å². The molecule has 0 aliphatic rings. The van der Waals surface area contributed by atoms with Crippen LogP contribution in [0.5, 0.6) is 0 Å². The fourth-order valence-electron chi connectivity index (χ4n) is 1.64. The number of rotatable bonds is 4. The maximum absolute atomic E-state index is 4.56. The molecule has 0 saturated heterocycles. The molecular weight excluding hydrogens is 250 g/mol. The first-order chi connectivity index (χ1) is 9.63. The zero-order chi connectivity index (χ0) is 15.1. The molecular formula is C15H23N5. The SMILES string of the molecule is C=CN(C)c1cccc(-c2nncn2C(C)C)n1.CC. The Morgan fingerprint density at radius 1 is 1.30 bits per heavy atom. The number of pyridine rings is 1. The molecule has 2 heterocycles. The second kappa shape index (κ2) is 7.43. The van der Waals surface area contributed by atoms with Crippen LogP contribution in [0.1, 0.15) is 33.7 Å². The first kappa shape index (κ1) is 15.9. The quantitative estimate of drug-likeness (QED) is 0.855. The Kier molecular flexibility index (Phi) is 5.90. The van der Waals surface area contributed by atoms with E-state index >= 15 is 0 Å². The normalized spacial score (nSPS) is 9.90. The molecule has 0 atom stereocenters. The lowest BCUT2D eigenvalue weighted by molar-refractivity contribution is 0.603. The standard InChI is InChI=1S/C13H17N5.C2H6/c1-5-17(4)12-8-6-7-11(15-12)13-16-14-9-18(13)10(2)3;1-2/h5-10H,1H2,2-4H3;1-2H3. The molecule has 108 valence electrons. The average Bonchev–Trinajstić information content (AvgIpc) is 2.98. The Labute approximate surface area is 121 Å². The molecule has 0 unspecified atom stereocenters. The van der Waals surface area contributed by atoms with Crippen LogP contribution in [0.4, 0.5) is 5.82 Å². The number of aromatic nitrogens is 4. The minimum absolute atomic E-state index is 0.303. The van der Waals surface area contributed by atoms with Crippen LogP contribution in [0, 0.1) is 0 Å². The van der Waals surface area contributed by atoms with Crippen LogP contribution in [0.15, 0.2) is 37.3 Å². The molecule has 2 rings (SSSR count). The summed E-state index contributed by atoms with van der Waals surface area (Å²) in [6.07, 6.45) is 3.45. The molecule has 0 saturated carbocycles. The average molecular weight is 273 g/mol. The minimum atomic E-state index is 0.303. The molecule has 5 nitrogen and oxygen atoms in total. The van der Waals surface area contributed by atoms with Crippen molar-refractivity contribution in [2.45, 2.75) is 33.7 Å². The van der Waals surface area contributed by atoms with Gasteiger partial charge in [0.15, 0.2) is 5.82 Å². The minimum Gasteiger partial charge on any atom is -0.337 e. The third kappa shape index (κ3) is 3.44. The van der Waals surface area contributed by atoms with Crippen LogP contribution in [-0.2, 0) is 0 Å². The summed E-state index contributed by atoms with van der Waals surface area (Å²) < 4.78 is 2.00. The van der Waals surface area contributed by atoms with Gasteiger partial charge in [0.25, 0.3) is 0 Å². The second-order valence-corrected chi connectivity index (χ2v) is 4.33. The van der Waals surface area contributed by atoms with Gasteiger partial charge in [0.2, 0.25) is 0 Å². The predicted octanol–water partition coefficient (Wildman–Crippen LogP) is 3.53. The zero-order valence-electron chi connectivity index (χ0n) is 12.9. The van der Waals surface area contributed by atoms with Crippen LogP contribution in [0.2, 0.25) is 0 Å². The first-order valence-electron chi connectivity index (χ1n) is 6.86. The summed E-state index contributed by atoms with van der Waals surface area (Å²) in [7, 11) is 1.91. The Bertz CT molecular complexity index is 545. The number of hydrogen-bond donors (Lipinski definition) is 0. The second-order valence-electron chi connectivity index (χ2n) is 4.33. The summed E-state index contributed by atoms with van der Waals surface area (Å²) in [5.41, 5.74) is 0.812. The van der Waals surface area contributed by atoms with Crippen molar-refractivity contribution in [1.29, 1.82) is 0 Å². The Hall–Kier alpha value is -2.17. The maximum Gasteiger partial charge on any atom is 0.182 e. The Morgan fingerprint density at radius 2 is 2.00 bits per heavy atom. The summed E-state index contributed by atoms with van der Waals surface area (Å²) in [4.78, 5) is 6.42. The molecule has 2 aromatic rings. The van der Waals surface area contributed by atoms with Crippen molar-refractivity contribution in [3.63, 3.8) is 0 Å². The van der Waals surface area contributed by atoms with Crippen molar-refractivity contribution >= 4 is 5.82 Å². The number of nitrogens with zero attached hydrogens (tertiary/aromatic N) is 5. The Morgan fingerprint density at radius 3 is 2.60 bits per heavy atom. The van der Waals surface area contributed by atoms with Gasteiger partial charge < -0.3 is 9.47 Å². The van der Waals surface area contributed by atoms with E-state index in [0.29, 0.717) is 6.04 Å². The lowest BCUT2D eigenvalue weighted by Crippen LogP contribution is -2.10. The molecule has 2 aromatic heterocycles. The van der Waals surface area contributed by atoms with Gasteiger partial charge in [-0.2, -0.15) is 0 Å². The highest BCUT2D eigenvalue weighted by Crippen LogP contribution is 2.20. The zero-order valence-corrected chi connectivity index (χ0v) is 12.9. The monoisotopic (exact) mass is 273 g/mol. The number of hydrogen-bond acceptors (Lipinski definition) is 4. The van der Waals surface area contributed by atoms with E-state index in [9.17, 15) is 0 Å². The van der Waals surface area contributed by atoms with E-state index in [0.717, 1.165) is 17.3 Å². The van der Waals surface area contributed by atoms with E-state index in [1.807, 2.05) is 48.6 Å². The van der Waals surface area contributed by atoms with Crippen molar-refractivity contribution in [2.75, 3.05) is 11.9 Å². The van der Waals surface area contributed by atoms with Gasteiger partial charge in [0.05, 0.1) is 0 Å². The first-order valence-corrected chi connectivity index (χ1v) is 6.86. The van der Waals surface area contributed by atoms with E-state index in [-0.39, 0.29) is 0 Å². The van der Waals surface area contributed by atoms with Crippen LogP contribution < -0.4 is 4.90 Å². The van der Waals surface area contributed by atoms with Crippen LogP contribution in [-0.4, -0.2) is 26.8 Å². The van der Waals surface area contributed by atoms with Crippen molar-refractivity contribution in [1.82, 2.24) is 19.7 Å². The molecule has 5 heteroatoms. The number of anilines is 1. The van der Waals surface area contributed by atoms with Gasteiger partial charge in [0, 0.05) is 13.1 Å². The third-order valence-electron chi connectivity index (χ3n) is 2.73. The highest BCUT2D eigenvalue weighted by molar-refractivity contribution is 5.54. The van der Waals surface area contributed by atoms with Gasteiger partial charge in [-0.3, -0.25) is 0 Å². The largest absolute Gasteiger partial charge is 0.337 e. The maximum atomic E-state index is 4.56. The highest BCUT2D eigenvalue weighted by atomic mass is 15.3. The van der Waals surface area contributed by atoms with Crippen molar-refractivity contribution < 1.29 is 0 Å². The van der Waals surface area contributed by atoms with Gasteiger partial charge in [-0.25, -0.2) is 4.98 Å². The van der Waals surface area contributed by atoms with E-state index in [4.69, 9.17) is 0 Å². The summed E-state index contributed by atoms with van der Waals surface area (Å²) in [6, 6.07) is 6.12. The van der Waals surface area contributed by atoms with Crippen LogP contribution in [0.3, 0.4) is 0 Å². The molecule has 0 fully saturated rings. The molecule has 0 spiro atoms. The fourth-order valence-corrected chi connectivity index (χ4v) is 1.64. The molecule has 0 aliphatic heterocycles. The lowest BCUT2D eigenvalue weighted by atomic mass is 10.3. The van der Waals surface area contributed by atoms with Crippen molar-refractivity contribution in [3.8, 4) is 11.5 Å². The third-order valence-corrected chi connectivity index (χ3v) is 2.73. The molecule has 0 aromatic carbocycles. The molecule has 0 aliphatic carbocycles. The smallest absolute Gasteiger partial charge is 0.182 e. The van der Waals surface area contributed by atoms with Gasteiger partial charge in [-0.05, 0) is 32.2 Å². The van der Waals surface area contributed by atoms with Crippen LogP contribution in [0.25, 0.3) is 11.5 Å². The van der Waals surface area contributed by atoms with Gasteiger partial charge in [-0.15, -0.1) is 10.2 Å². The summed E-state index contributed by atoms with van der Waals surface area (Å²) in [6.45, 7) is 11.9. The molecule has 0 N–H and O–H groups in total. The van der Waals surface area contributed by atoms with Crippen molar-refractivity contribution in [2.24, 2.45) is 0 Å². The van der Waals surface area contributed by atoms with E-state index in [2.05, 4.69) is 35.6 Å². The summed E-state index contributed by atoms with van der Waals surface area (Å²) in [5, 5.41) is 8.09. The van der Waals surface area contributed by atoms with Gasteiger partial charge in [0.1, 0.15) is 17.8 Å². The summed E-state index contributed by atoms with van der Waals surface area (Å²) in [5.74, 6) is 1.62. The fraction of sp³-hybridized carbons (Fsp3) is 0.400. The molecule has 0 radical (unpaired) electrons. The van der Waals surface area contributed by atoms with E-state index < -0.39 is 0 Å².